The summed E-state index contributed by atoms with van der Waals surface area (Å²) in [6, 6.07) is 6.98. The Balaban J connectivity index is 2.88. The van der Waals surface area contributed by atoms with E-state index in [1.807, 2.05) is 19.9 Å². The van der Waals surface area contributed by atoms with Crippen LogP contribution in [-0.4, -0.2) is 28.4 Å². The summed E-state index contributed by atoms with van der Waals surface area (Å²) in [6.45, 7) is 4.21. The third-order valence-corrected chi connectivity index (χ3v) is 2.49. The van der Waals surface area contributed by atoms with E-state index in [9.17, 15) is 4.79 Å². The molecular formula is C12H14ClN3O. The summed E-state index contributed by atoms with van der Waals surface area (Å²) in [4.78, 5) is 17.7. The van der Waals surface area contributed by atoms with Crippen molar-refractivity contribution in [3.8, 4) is 6.07 Å². The highest BCUT2D eigenvalue weighted by molar-refractivity contribution is 6.29. The molecule has 1 amide bonds. The van der Waals surface area contributed by atoms with Crippen molar-refractivity contribution in [1.82, 2.24) is 9.88 Å². The van der Waals surface area contributed by atoms with E-state index < -0.39 is 0 Å². The summed E-state index contributed by atoms with van der Waals surface area (Å²) in [5, 5.41) is 8.86. The molecule has 0 aromatic carbocycles. The van der Waals surface area contributed by atoms with Crippen LogP contribution in [0.4, 0.5) is 0 Å². The van der Waals surface area contributed by atoms with Gasteiger partial charge in [-0.25, -0.2) is 4.98 Å². The fourth-order valence-electron chi connectivity index (χ4n) is 1.44. The van der Waals surface area contributed by atoms with Crippen LogP contribution in [0.1, 0.15) is 30.8 Å². The molecule has 0 atom stereocenters. The minimum absolute atomic E-state index is 0.0247. The zero-order valence-corrected chi connectivity index (χ0v) is 10.6. The van der Waals surface area contributed by atoms with Gasteiger partial charge in [-0.2, -0.15) is 5.26 Å². The Morgan fingerprint density at radius 3 is 2.82 bits per heavy atom. The first-order valence-corrected chi connectivity index (χ1v) is 5.74. The maximum Gasteiger partial charge on any atom is 0.272 e. The molecule has 0 radical (unpaired) electrons. The first-order chi connectivity index (χ1) is 8.06. The van der Waals surface area contributed by atoms with Crippen LogP contribution in [0.5, 0.6) is 0 Å². The lowest BCUT2D eigenvalue weighted by Gasteiger charge is -2.25. The van der Waals surface area contributed by atoms with Crippen LogP contribution in [-0.2, 0) is 0 Å². The van der Waals surface area contributed by atoms with Crippen LogP contribution in [0.15, 0.2) is 18.2 Å². The summed E-state index contributed by atoms with van der Waals surface area (Å²) in [5.74, 6) is -0.197. The van der Waals surface area contributed by atoms with Gasteiger partial charge >= 0.3 is 0 Å². The van der Waals surface area contributed by atoms with E-state index in [-0.39, 0.29) is 11.9 Å². The third kappa shape index (κ3) is 3.72. The Hall–Kier alpha value is -1.60. The van der Waals surface area contributed by atoms with Crippen LogP contribution in [0.2, 0.25) is 5.15 Å². The molecule has 0 N–H and O–H groups in total. The van der Waals surface area contributed by atoms with Crippen molar-refractivity contribution in [3.63, 3.8) is 0 Å². The molecule has 0 aliphatic heterocycles. The second-order valence-electron chi connectivity index (χ2n) is 3.85. The second kappa shape index (κ2) is 6.21. The number of aromatic nitrogens is 1. The SMILES string of the molecule is CC(C)N(CCC#N)C(=O)c1cccc(Cl)n1. The first-order valence-electron chi connectivity index (χ1n) is 5.36. The largest absolute Gasteiger partial charge is 0.334 e. The molecule has 1 heterocycles. The van der Waals surface area contributed by atoms with Crippen molar-refractivity contribution in [2.24, 2.45) is 0 Å². The average Bonchev–Trinajstić information content (AvgIpc) is 2.29. The van der Waals surface area contributed by atoms with Gasteiger partial charge in [0.05, 0.1) is 12.5 Å². The lowest BCUT2D eigenvalue weighted by molar-refractivity contribution is 0.0704. The van der Waals surface area contributed by atoms with E-state index in [1.54, 1.807) is 23.1 Å². The first kappa shape index (κ1) is 13.5. The zero-order chi connectivity index (χ0) is 12.8. The van der Waals surface area contributed by atoms with Crippen LogP contribution in [0, 0.1) is 11.3 Å². The molecule has 1 aromatic rings. The van der Waals surface area contributed by atoms with Crippen molar-refractivity contribution >= 4 is 17.5 Å². The number of carbonyl (C=O) groups is 1. The summed E-state index contributed by atoms with van der Waals surface area (Å²) in [6.07, 6.45) is 0.310. The van der Waals surface area contributed by atoms with Gasteiger partial charge in [0, 0.05) is 12.6 Å². The van der Waals surface area contributed by atoms with Gasteiger partial charge in [-0.1, -0.05) is 17.7 Å². The van der Waals surface area contributed by atoms with Crippen LogP contribution < -0.4 is 0 Å². The number of halogens is 1. The standard InChI is InChI=1S/C12H14ClN3O/c1-9(2)16(8-4-7-14)12(17)10-5-3-6-11(13)15-10/h3,5-6,9H,4,8H2,1-2H3. The Labute approximate surface area is 106 Å². The highest BCUT2D eigenvalue weighted by Crippen LogP contribution is 2.10. The van der Waals surface area contributed by atoms with E-state index in [2.05, 4.69) is 4.98 Å². The number of carbonyl (C=O) groups excluding carboxylic acids is 1. The molecule has 0 aliphatic carbocycles. The predicted molar refractivity (Wildman–Crippen MR) is 65.6 cm³/mol. The number of rotatable bonds is 4. The van der Waals surface area contributed by atoms with Crippen molar-refractivity contribution in [1.29, 1.82) is 5.26 Å². The number of amides is 1. The molecule has 4 nitrogen and oxygen atoms in total. The topological polar surface area (TPSA) is 57.0 Å². The molecule has 0 bridgehead atoms. The van der Waals surface area contributed by atoms with E-state index in [0.717, 1.165) is 0 Å². The normalized spacial score (nSPS) is 10.1. The smallest absolute Gasteiger partial charge is 0.272 e. The van der Waals surface area contributed by atoms with Crippen molar-refractivity contribution < 1.29 is 4.79 Å². The molecule has 1 aromatic heterocycles. The molecule has 90 valence electrons. The number of nitrogens with zero attached hydrogens (tertiary/aromatic N) is 3. The maximum absolute atomic E-state index is 12.1. The predicted octanol–water partition coefficient (Wildman–Crippen LogP) is 2.50. The zero-order valence-electron chi connectivity index (χ0n) is 9.85. The molecule has 5 heteroatoms. The number of hydrogen-bond acceptors (Lipinski definition) is 3. The Morgan fingerprint density at radius 2 is 2.29 bits per heavy atom. The fraction of sp³-hybridized carbons (Fsp3) is 0.417. The summed E-state index contributed by atoms with van der Waals surface area (Å²) in [7, 11) is 0. The molecular weight excluding hydrogens is 238 g/mol. The van der Waals surface area contributed by atoms with Gasteiger partial charge in [0.2, 0.25) is 0 Å². The van der Waals surface area contributed by atoms with Crippen LogP contribution in [0.25, 0.3) is 0 Å². The van der Waals surface area contributed by atoms with Gasteiger partial charge < -0.3 is 4.90 Å². The minimum atomic E-state index is -0.197. The van der Waals surface area contributed by atoms with Crippen LogP contribution >= 0.6 is 11.6 Å². The molecule has 0 fully saturated rings. The quantitative estimate of drug-likeness (QED) is 0.773. The van der Waals surface area contributed by atoms with Crippen LogP contribution in [0.3, 0.4) is 0 Å². The highest BCUT2D eigenvalue weighted by atomic mass is 35.5. The summed E-state index contributed by atoms with van der Waals surface area (Å²) in [5.41, 5.74) is 0.309. The molecule has 0 spiro atoms. The summed E-state index contributed by atoms with van der Waals surface area (Å²) >= 11 is 5.74. The maximum atomic E-state index is 12.1. The molecule has 0 saturated carbocycles. The van der Waals surface area contributed by atoms with Gasteiger partial charge in [-0.15, -0.1) is 0 Å². The van der Waals surface area contributed by atoms with Gasteiger partial charge in [-0.05, 0) is 26.0 Å². The van der Waals surface area contributed by atoms with Gasteiger partial charge in [0.1, 0.15) is 10.8 Å². The lowest BCUT2D eigenvalue weighted by Crippen LogP contribution is -2.38. The molecule has 1 rings (SSSR count). The van der Waals surface area contributed by atoms with Gasteiger partial charge in [-0.3, -0.25) is 4.79 Å². The molecule has 0 saturated heterocycles. The monoisotopic (exact) mass is 251 g/mol. The highest BCUT2D eigenvalue weighted by Gasteiger charge is 2.19. The Morgan fingerprint density at radius 1 is 1.59 bits per heavy atom. The van der Waals surface area contributed by atoms with E-state index in [1.165, 1.54) is 0 Å². The van der Waals surface area contributed by atoms with E-state index in [0.29, 0.717) is 23.8 Å². The number of pyridine rings is 1. The average molecular weight is 252 g/mol. The number of hydrogen-bond donors (Lipinski definition) is 0. The number of nitriles is 1. The van der Waals surface area contributed by atoms with Gasteiger partial charge in [0.25, 0.3) is 5.91 Å². The Kier molecular flexibility index (Phi) is 4.92. The third-order valence-electron chi connectivity index (χ3n) is 2.28. The lowest BCUT2D eigenvalue weighted by atomic mass is 10.2. The van der Waals surface area contributed by atoms with Crippen molar-refractivity contribution in [2.45, 2.75) is 26.3 Å². The van der Waals surface area contributed by atoms with E-state index >= 15 is 0 Å². The van der Waals surface area contributed by atoms with Crippen molar-refractivity contribution in [3.05, 3.63) is 29.0 Å². The fourth-order valence-corrected chi connectivity index (χ4v) is 1.60. The molecule has 0 aliphatic rings. The minimum Gasteiger partial charge on any atom is -0.334 e. The second-order valence-corrected chi connectivity index (χ2v) is 4.23. The van der Waals surface area contributed by atoms with E-state index in [4.69, 9.17) is 16.9 Å². The summed E-state index contributed by atoms with van der Waals surface area (Å²) < 4.78 is 0. The Bertz CT molecular complexity index is 440. The molecule has 17 heavy (non-hydrogen) atoms. The molecule has 0 unspecified atom stereocenters. The van der Waals surface area contributed by atoms with Crippen molar-refractivity contribution in [2.75, 3.05) is 6.54 Å². The van der Waals surface area contributed by atoms with Gasteiger partial charge in [0.15, 0.2) is 0 Å².